The first-order valence-corrected chi connectivity index (χ1v) is 4.71. The van der Waals surface area contributed by atoms with Gasteiger partial charge in [-0.15, -0.1) is 11.3 Å². The van der Waals surface area contributed by atoms with E-state index in [9.17, 15) is 4.79 Å². The topological polar surface area (TPSA) is 29.1 Å². The van der Waals surface area contributed by atoms with Crippen molar-refractivity contribution in [2.45, 2.75) is 13.0 Å². The molecule has 1 aromatic rings. The zero-order valence-corrected chi connectivity index (χ0v) is 7.52. The highest BCUT2D eigenvalue weighted by Crippen LogP contribution is 2.19. The average Bonchev–Trinajstić information content (AvgIpc) is 2.52. The molecule has 0 bridgehead atoms. The van der Waals surface area contributed by atoms with Gasteiger partial charge in [-0.3, -0.25) is 4.79 Å². The van der Waals surface area contributed by atoms with Gasteiger partial charge in [-0.25, -0.2) is 0 Å². The third-order valence-electron chi connectivity index (χ3n) is 1.92. The summed E-state index contributed by atoms with van der Waals surface area (Å²) in [6, 6.07) is 4.22. The van der Waals surface area contributed by atoms with Crippen LogP contribution in [0.1, 0.15) is 11.8 Å². The molecule has 0 spiro atoms. The van der Waals surface area contributed by atoms with Crippen LogP contribution in [0.2, 0.25) is 0 Å². The fourth-order valence-corrected chi connectivity index (χ4v) is 1.86. The molecule has 1 saturated heterocycles. The highest BCUT2D eigenvalue weighted by atomic mass is 32.1. The van der Waals surface area contributed by atoms with Crippen molar-refractivity contribution < 1.29 is 4.79 Å². The smallest absolute Gasteiger partial charge is 0.249 e. The van der Waals surface area contributed by atoms with E-state index in [-0.39, 0.29) is 11.9 Å². The predicted molar refractivity (Wildman–Crippen MR) is 49.9 cm³/mol. The van der Waals surface area contributed by atoms with E-state index in [2.05, 4.69) is 5.32 Å². The van der Waals surface area contributed by atoms with Gasteiger partial charge in [-0.2, -0.15) is 0 Å². The first-order chi connectivity index (χ1) is 5.77. The molecule has 2 nitrogen and oxygen atoms in total. The van der Waals surface area contributed by atoms with Gasteiger partial charge in [0.05, 0.1) is 6.04 Å². The summed E-state index contributed by atoms with van der Waals surface area (Å²) in [6.45, 7) is 1.99. The van der Waals surface area contributed by atoms with Crippen molar-refractivity contribution in [2.75, 3.05) is 0 Å². The summed E-state index contributed by atoms with van der Waals surface area (Å²) in [5.41, 5.74) is 0.887. The summed E-state index contributed by atoms with van der Waals surface area (Å²) in [7, 11) is 0. The van der Waals surface area contributed by atoms with E-state index in [1.54, 1.807) is 11.3 Å². The Bertz CT molecular complexity index is 326. The SMILES string of the molecule is C[C@H]1NC(=O)/C1=C/c1cccs1. The van der Waals surface area contributed by atoms with Crippen LogP contribution in [0.15, 0.2) is 23.1 Å². The molecule has 0 aliphatic carbocycles. The highest BCUT2D eigenvalue weighted by Gasteiger charge is 2.27. The van der Waals surface area contributed by atoms with Crippen LogP contribution < -0.4 is 5.32 Å². The molecule has 1 aromatic heterocycles. The maximum atomic E-state index is 11.0. The molecule has 0 aromatic carbocycles. The Kier molecular flexibility index (Phi) is 1.73. The number of hydrogen-bond acceptors (Lipinski definition) is 2. The summed E-state index contributed by atoms with van der Waals surface area (Å²) in [4.78, 5) is 12.1. The fraction of sp³-hybridized carbons (Fsp3) is 0.222. The molecule has 3 heteroatoms. The van der Waals surface area contributed by atoms with E-state index >= 15 is 0 Å². The van der Waals surface area contributed by atoms with Crippen molar-refractivity contribution in [2.24, 2.45) is 0 Å². The lowest BCUT2D eigenvalue weighted by Gasteiger charge is -2.26. The third-order valence-corrected chi connectivity index (χ3v) is 2.74. The lowest BCUT2D eigenvalue weighted by Crippen LogP contribution is -2.49. The zero-order valence-electron chi connectivity index (χ0n) is 6.70. The summed E-state index contributed by atoms with van der Waals surface area (Å²) in [5, 5.41) is 4.77. The van der Waals surface area contributed by atoms with E-state index in [0.29, 0.717) is 0 Å². The number of rotatable bonds is 1. The van der Waals surface area contributed by atoms with Gasteiger partial charge in [-0.05, 0) is 24.4 Å². The van der Waals surface area contributed by atoms with Gasteiger partial charge < -0.3 is 5.32 Å². The van der Waals surface area contributed by atoms with E-state index in [1.807, 2.05) is 30.5 Å². The van der Waals surface area contributed by atoms with Gasteiger partial charge in [0.2, 0.25) is 5.91 Å². The van der Waals surface area contributed by atoms with Crippen LogP contribution in [0.25, 0.3) is 6.08 Å². The molecular weight excluding hydrogens is 170 g/mol. The number of nitrogens with one attached hydrogen (secondary N) is 1. The summed E-state index contributed by atoms with van der Waals surface area (Å²) >= 11 is 1.65. The fourth-order valence-electron chi connectivity index (χ4n) is 1.19. The first kappa shape index (κ1) is 7.55. The molecule has 0 radical (unpaired) electrons. The van der Waals surface area contributed by atoms with E-state index in [4.69, 9.17) is 0 Å². The lowest BCUT2D eigenvalue weighted by molar-refractivity contribution is -0.121. The number of hydrogen-bond donors (Lipinski definition) is 1. The number of carbonyl (C=O) groups excluding carboxylic acids is 1. The minimum atomic E-state index is 0.0656. The zero-order chi connectivity index (χ0) is 8.55. The molecule has 1 aliphatic heterocycles. The molecule has 1 fully saturated rings. The molecule has 0 saturated carbocycles. The van der Waals surface area contributed by atoms with Gasteiger partial charge in [0.1, 0.15) is 0 Å². The molecule has 62 valence electrons. The normalized spacial score (nSPS) is 25.2. The van der Waals surface area contributed by atoms with Crippen molar-refractivity contribution in [3.8, 4) is 0 Å². The molecule has 12 heavy (non-hydrogen) atoms. The van der Waals surface area contributed by atoms with Crippen LogP contribution in [-0.2, 0) is 4.79 Å². The van der Waals surface area contributed by atoms with Crippen LogP contribution in [-0.4, -0.2) is 11.9 Å². The van der Waals surface area contributed by atoms with E-state index < -0.39 is 0 Å². The predicted octanol–water partition coefficient (Wildman–Crippen LogP) is 1.65. The second-order valence-electron chi connectivity index (χ2n) is 2.81. The van der Waals surface area contributed by atoms with Crippen LogP contribution in [0.5, 0.6) is 0 Å². The second kappa shape index (κ2) is 2.75. The number of carbonyl (C=O) groups is 1. The van der Waals surface area contributed by atoms with Gasteiger partial charge in [0.25, 0.3) is 0 Å². The molecule has 2 rings (SSSR count). The largest absolute Gasteiger partial charge is 0.346 e. The van der Waals surface area contributed by atoms with Gasteiger partial charge in [0, 0.05) is 10.5 Å². The van der Waals surface area contributed by atoms with Crippen LogP contribution in [0.3, 0.4) is 0 Å². The van der Waals surface area contributed by atoms with Crippen LogP contribution in [0.4, 0.5) is 0 Å². The third kappa shape index (κ3) is 1.16. The van der Waals surface area contributed by atoms with Crippen molar-refractivity contribution >= 4 is 23.3 Å². The quantitative estimate of drug-likeness (QED) is 0.515. The first-order valence-electron chi connectivity index (χ1n) is 3.83. The Morgan fingerprint density at radius 3 is 3.00 bits per heavy atom. The summed E-state index contributed by atoms with van der Waals surface area (Å²) < 4.78 is 0. The molecule has 1 N–H and O–H groups in total. The Hall–Kier alpha value is -1.09. The summed E-state index contributed by atoms with van der Waals surface area (Å²) in [5.74, 6) is 0.0656. The number of β-lactam (4-membered cyclic amide) rings is 1. The molecule has 1 amide bonds. The molecule has 1 atom stereocenters. The molecule has 2 heterocycles. The second-order valence-corrected chi connectivity index (χ2v) is 3.79. The minimum Gasteiger partial charge on any atom is -0.346 e. The molecule has 1 aliphatic rings. The minimum absolute atomic E-state index is 0.0656. The maximum absolute atomic E-state index is 11.0. The van der Waals surface area contributed by atoms with E-state index in [1.165, 1.54) is 0 Å². The Morgan fingerprint density at radius 2 is 2.50 bits per heavy atom. The van der Waals surface area contributed by atoms with Gasteiger partial charge in [-0.1, -0.05) is 6.07 Å². The average molecular weight is 179 g/mol. The monoisotopic (exact) mass is 179 g/mol. The number of amides is 1. The van der Waals surface area contributed by atoms with Gasteiger partial charge in [0.15, 0.2) is 0 Å². The Balaban J connectivity index is 2.24. The molecule has 0 unspecified atom stereocenters. The van der Waals surface area contributed by atoms with Crippen molar-refractivity contribution in [3.63, 3.8) is 0 Å². The molecular formula is C9H9NOS. The van der Waals surface area contributed by atoms with Crippen LogP contribution >= 0.6 is 11.3 Å². The highest BCUT2D eigenvalue weighted by molar-refractivity contribution is 7.10. The maximum Gasteiger partial charge on any atom is 0.249 e. The van der Waals surface area contributed by atoms with Gasteiger partial charge >= 0.3 is 0 Å². The Labute approximate surface area is 74.9 Å². The summed E-state index contributed by atoms with van der Waals surface area (Å²) in [6.07, 6.45) is 1.95. The number of thiophene rings is 1. The lowest BCUT2D eigenvalue weighted by atomic mass is 9.99. The van der Waals surface area contributed by atoms with Crippen molar-refractivity contribution in [1.82, 2.24) is 5.32 Å². The standard InChI is InChI=1S/C9H9NOS/c1-6-8(9(11)10-6)5-7-3-2-4-12-7/h2-6H,1H3,(H,10,11)/b8-5+/t6-/m1/s1. The van der Waals surface area contributed by atoms with Crippen molar-refractivity contribution in [1.29, 1.82) is 0 Å². The van der Waals surface area contributed by atoms with E-state index in [0.717, 1.165) is 10.5 Å². The van der Waals surface area contributed by atoms with Crippen LogP contribution in [0, 0.1) is 0 Å². The Morgan fingerprint density at radius 1 is 1.67 bits per heavy atom. The van der Waals surface area contributed by atoms with Crippen molar-refractivity contribution in [3.05, 3.63) is 28.0 Å².